The molecule has 4 heteroatoms. The minimum absolute atomic E-state index is 0.478. The van der Waals surface area contributed by atoms with Gasteiger partial charge in [0.15, 0.2) is 5.11 Å². The molecule has 0 heterocycles. The highest BCUT2D eigenvalue weighted by atomic mass is 32.2. The highest BCUT2D eigenvalue weighted by molar-refractivity contribution is 7.99. The Labute approximate surface area is 97.6 Å². The van der Waals surface area contributed by atoms with Crippen molar-refractivity contribution in [3.63, 3.8) is 0 Å². The van der Waals surface area contributed by atoms with Crippen molar-refractivity contribution in [2.75, 3.05) is 18.1 Å². The first-order valence-corrected chi connectivity index (χ1v) is 6.89. The standard InChI is InChI=1S/C10H22N2S2/c1-4-7-11-10(13)12-9(3)6-8-14-5-2/h9H,4-8H2,1-3H3,(H2,11,12,13). The first-order valence-electron chi connectivity index (χ1n) is 5.32. The minimum Gasteiger partial charge on any atom is -0.363 e. The van der Waals surface area contributed by atoms with Gasteiger partial charge in [0.1, 0.15) is 0 Å². The van der Waals surface area contributed by atoms with Crippen LogP contribution in [-0.2, 0) is 0 Å². The van der Waals surface area contributed by atoms with Gasteiger partial charge >= 0.3 is 0 Å². The molecule has 0 bridgehead atoms. The Morgan fingerprint density at radius 1 is 1.43 bits per heavy atom. The normalized spacial score (nSPS) is 12.2. The number of hydrogen-bond donors (Lipinski definition) is 2. The van der Waals surface area contributed by atoms with E-state index in [1.165, 1.54) is 17.9 Å². The third kappa shape index (κ3) is 8.63. The SMILES string of the molecule is CCCNC(=S)NC(C)CCSCC. The number of thioether (sulfide) groups is 1. The fraction of sp³-hybridized carbons (Fsp3) is 0.900. The van der Waals surface area contributed by atoms with E-state index in [4.69, 9.17) is 12.2 Å². The molecule has 1 unspecified atom stereocenters. The molecule has 0 rings (SSSR count). The van der Waals surface area contributed by atoms with Gasteiger partial charge in [-0.05, 0) is 43.5 Å². The Hall–Kier alpha value is 0.0400. The van der Waals surface area contributed by atoms with Crippen LogP contribution >= 0.6 is 24.0 Å². The third-order valence-corrected chi connectivity index (χ3v) is 3.01. The van der Waals surface area contributed by atoms with Crippen molar-refractivity contribution in [2.24, 2.45) is 0 Å². The summed E-state index contributed by atoms with van der Waals surface area (Å²) in [6.45, 7) is 7.46. The van der Waals surface area contributed by atoms with Crippen LogP contribution in [0, 0.1) is 0 Å². The van der Waals surface area contributed by atoms with Crippen LogP contribution in [0.25, 0.3) is 0 Å². The monoisotopic (exact) mass is 234 g/mol. The fourth-order valence-electron chi connectivity index (χ4n) is 0.990. The Bertz CT molecular complexity index is 151. The predicted octanol–water partition coefficient (Wildman–Crippen LogP) is 2.39. The lowest BCUT2D eigenvalue weighted by Gasteiger charge is -2.16. The van der Waals surface area contributed by atoms with Gasteiger partial charge in [0, 0.05) is 12.6 Å². The zero-order valence-electron chi connectivity index (χ0n) is 9.43. The maximum absolute atomic E-state index is 5.15. The van der Waals surface area contributed by atoms with E-state index in [-0.39, 0.29) is 0 Å². The molecule has 14 heavy (non-hydrogen) atoms. The van der Waals surface area contributed by atoms with E-state index >= 15 is 0 Å². The van der Waals surface area contributed by atoms with Gasteiger partial charge in [-0.2, -0.15) is 11.8 Å². The molecule has 2 nitrogen and oxygen atoms in total. The molecule has 0 saturated carbocycles. The van der Waals surface area contributed by atoms with Crippen molar-refractivity contribution in [2.45, 2.75) is 39.7 Å². The van der Waals surface area contributed by atoms with Crippen LogP contribution in [0.1, 0.15) is 33.6 Å². The molecule has 0 radical (unpaired) electrons. The molecule has 0 spiro atoms. The van der Waals surface area contributed by atoms with E-state index in [2.05, 4.69) is 31.4 Å². The molecule has 0 aromatic rings. The molecule has 0 aromatic carbocycles. The molecule has 0 aliphatic rings. The summed E-state index contributed by atoms with van der Waals surface area (Å²) >= 11 is 7.12. The van der Waals surface area contributed by atoms with Crippen molar-refractivity contribution in [3.8, 4) is 0 Å². The van der Waals surface area contributed by atoms with Crippen LogP contribution in [0.4, 0.5) is 0 Å². The summed E-state index contributed by atoms with van der Waals surface area (Å²) in [5.41, 5.74) is 0. The van der Waals surface area contributed by atoms with E-state index in [1.807, 2.05) is 11.8 Å². The summed E-state index contributed by atoms with van der Waals surface area (Å²) in [7, 11) is 0. The van der Waals surface area contributed by atoms with Gasteiger partial charge in [-0.1, -0.05) is 13.8 Å². The highest BCUT2D eigenvalue weighted by Gasteiger charge is 2.02. The van der Waals surface area contributed by atoms with E-state index in [9.17, 15) is 0 Å². The van der Waals surface area contributed by atoms with Crippen LogP contribution in [-0.4, -0.2) is 29.2 Å². The fourth-order valence-corrected chi connectivity index (χ4v) is 2.10. The second kappa shape index (κ2) is 9.59. The Balaban J connectivity index is 3.40. The van der Waals surface area contributed by atoms with Gasteiger partial charge in [-0.15, -0.1) is 0 Å². The van der Waals surface area contributed by atoms with E-state index in [0.717, 1.165) is 18.1 Å². The molecule has 84 valence electrons. The molecular formula is C10H22N2S2. The largest absolute Gasteiger partial charge is 0.363 e. The van der Waals surface area contributed by atoms with Crippen molar-refractivity contribution < 1.29 is 0 Å². The van der Waals surface area contributed by atoms with Crippen molar-refractivity contribution >= 4 is 29.1 Å². The lowest BCUT2D eigenvalue weighted by molar-refractivity contribution is 0.636. The maximum atomic E-state index is 5.15. The highest BCUT2D eigenvalue weighted by Crippen LogP contribution is 2.03. The van der Waals surface area contributed by atoms with Gasteiger partial charge < -0.3 is 10.6 Å². The number of hydrogen-bond acceptors (Lipinski definition) is 2. The molecule has 2 N–H and O–H groups in total. The van der Waals surface area contributed by atoms with E-state index in [1.54, 1.807) is 0 Å². The number of rotatable bonds is 7. The van der Waals surface area contributed by atoms with Gasteiger partial charge in [-0.3, -0.25) is 0 Å². The van der Waals surface area contributed by atoms with Gasteiger partial charge in [0.2, 0.25) is 0 Å². The van der Waals surface area contributed by atoms with Crippen LogP contribution in [0.15, 0.2) is 0 Å². The van der Waals surface area contributed by atoms with E-state index < -0.39 is 0 Å². The summed E-state index contributed by atoms with van der Waals surface area (Å²) < 4.78 is 0. The van der Waals surface area contributed by atoms with Gasteiger partial charge in [0.25, 0.3) is 0 Å². The van der Waals surface area contributed by atoms with Crippen molar-refractivity contribution in [1.29, 1.82) is 0 Å². The third-order valence-electron chi connectivity index (χ3n) is 1.81. The van der Waals surface area contributed by atoms with Crippen LogP contribution in [0.5, 0.6) is 0 Å². The molecule has 0 aromatic heterocycles. The lowest BCUT2D eigenvalue weighted by atomic mass is 10.3. The minimum atomic E-state index is 0.478. The summed E-state index contributed by atoms with van der Waals surface area (Å²) in [6.07, 6.45) is 2.29. The summed E-state index contributed by atoms with van der Waals surface area (Å²) in [5, 5.41) is 7.24. The predicted molar refractivity (Wildman–Crippen MR) is 71.1 cm³/mol. The zero-order valence-corrected chi connectivity index (χ0v) is 11.1. The van der Waals surface area contributed by atoms with Crippen LogP contribution in [0.2, 0.25) is 0 Å². The van der Waals surface area contributed by atoms with Crippen LogP contribution in [0.3, 0.4) is 0 Å². The Morgan fingerprint density at radius 3 is 2.71 bits per heavy atom. The first-order chi connectivity index (χ1) is 6.70. The molecule has 1 atom stereocenters. The van der Waals surface area contributed by atoms with Crippen LogP contribution < -0.4 is 10.6 Å². The van der Waals surface area contributed by atoms with Crippen molar-refractivity contribution in [3.05, 3.63) is 0 Å². The smallest absolute Gasteiger partial charge is 0.166 e. The van der Waals surface area contributed by atoms with Gasteiger partial charge in [0.05, 0.1) is 0 Å². The first kappa shape index (κ1) is 14.0. The van der Waals surface area contributed by atoms with Gasteiger partial charge in [-0.25, -0.2) is 0 Å². The molecule has 0 aliphatic carbocycles. The summed E-state index contributed by atoms with van der Waals surface area (Å²) in [6, 6.07) is 0.478. The molecular weight excluding hydrogens is 212 g/mol. The summed E-state index contributed by atoms with van der Waals surface area (Å²) in [4.78, 5) is 0. The number of nitrogens with one attached hydrogen (secondary N) is 2. The lowest BCUT2D eigenvalue weighted by Crippen LogP contribution is -2.41. The molecule has 0 fully saturated rings. The molecule has 0 saturated heterocycles. The Kier molecular flexibility index (Phi) is 9.62. The second-order valence-corrected chi connectivity index (χ2v) is 5.09. The average molecular weight is 234 g/mol. The second-order valence-electron chi connectivity index (χ2n) is 3.29. The number of thiocarbonyl (C=S) groups is 1. The summed E-state index contributed by atoms with van der Waals surface area (Å²) in [5.74, 6) is 2.41. The maximum Gasteiger partial charge on any atom is 0.166 e. The Morgan fingerprint density at radius 2 is 2.14 bits per heavy atom. The topological polar surface area (TPSA) is 24.1 Å². The molecule has 0 amide bonds. The average Bonchev–Trinajstić information content (AvgIpc) is 2.15. The van der Waals surface area contributed by atoms with Crippen molar-refractivity contribution in [1.82, 2.24) is 10.6 Å². The molecule has 0 aliphatic heterocycles. The van der Waals surface area contributed by atoms with E-state index in [0.29, 0.717) is 6.04 Å². The quantitative estimate of drug-likeness (QED) is 0.522. The zero-order chi connectivity index (χ0) is 10.8.